The van der Waals surface area contributed by atoms with Gasteiger partial charge in [0.25, 0.3) is 0 Å². The lowest BCUT2D eigenvalue weighted by Crippen LogP contribution is -2.07. The van der Waals surface area contributed by atoms with Crippen LogP contribution < -0.4 is 4.74 Å². The van der Waals surface area contributed by atoms with Crippen LogP contribution in [0.4, 0.5) is 0 Å². The van der Waals surface area contributed by atoms with Crippen LogP contribution in [0.15, 0.2) is 60.7 Å². The maximum atomic E-state index is 10.7. The van der Waals surface area contributed by atoms with Crippen LogP contribution in [-0.4, -0.2) is 13.1 Å². The Morgan fingerprint density at radius 1 is 1.00 bits per heavy atom. The second-order valence-corrected chi connectivity index (χ2v) is 5.59. The summed E-state index contributed by atoms with van der Waals surface area (Å²) >= 11 is 0. The SMILES string of the molecule is O=[C]OCc1c2c(c3ccccc3c1-c1ccccc1)OCC=C2. The molecule has 0 spiro atoms. The second-order valence-electron chi connectivity index (χ2n) is 5.59. The molecule has 0 aromatic heterocycles. The van der Waals surface area contributed by atoms with Gasteiger partial charge in [-0.2, -0.15) is 0 Å². The van der Waals surface area contributed by atoms with Crippen LogP contribution in [0.3, 0.4) is 0 Å². The molecule has 0 unspecified atom stereocenters. The van der Waals surface area contributed by atoms with Gasteiger partial charge in [0.15, 0.2) is 0 Å². The van der Waals surface area contributed by atoms with Crippen molar-refractivity contribution in [1.29, 1.82) is 0 Å². The Morgan fingerprint density at radius 2 is 1.75 bits per heavy atom. The van der Waals surface area contributed by atoms with Gasteiger partial charge in [-0.05, 0) is 22.6 Å². The van der Waals surface area contributed by atoms with E-state index in [-0.39, 0.29) is 6.61 Å². The maximum Gasteiger partial charge on any atom is 0.417 e. The summed E-state index contributed by atoms with van der Waals surface area (Å²) in [6.45, 7) is 2.24. The lowest BCUT2D eigenvalue weighted by molar-refractivity contribution is 0.266. The summed E-state index contributed by atoms with van der Waals surface area (Å²) in [4.78, 5) is 10.7. The third kappa shape index (κ3) is 2.35. The van der Waals surface area contributed by atoms with E-state index in [0.29, 0.717) is 6.61 Å². The van der Waals surface area contributed by atoms with Crippen LogP contribution in [0.25, 0.3) is 28.0 Å². The van der Waals surface area contributed by atoms with E-state index in [2.05, 4.69) is 24.3 Å². The highest BCUT2D eigenvalue weighted by molar-refractivity contribution is 6.04. The van der Waals surface area contributed by atoms with Crippen molar-refractivity contribution >= 4 is 23.3 Å². The van der Waals surface area contributed by atoms with Crippen molar-refractivity contribution < 1.29 is 14.3 Å². The molecule has 4 rings (SSSR count). The van der Waals surface area contributed by atoms with E-state index < -0.39 is 0 Å². The molecule has 1 radical (unpaired) electrons. The minimum absolute atomic E-state index is 0.161. The van der Waals surface area contributed by atoms with E-state index >= 15 is 0 Å². The summed E-state index contributed by atoms with van der Waals surface area (Å²) in [6.07, 6.45) is 4.02. The van der Waals surface area contributed by atoms with Crippen molar-refractivity contribution in [3.05, 3.63) is 71.8 Å². The highest BCUT2D eigenvalue weighted by atomic mass is 16.5. The lowest BCUT2D eigenvalue weighted by Gasteiger charge is -2.22. The highest BCUT2D eigenvalue weighted by Gasteiger charge is 2.21. The summed E-state index contributed by atoms with van der Waals surface area (Å²) in [5, 5.41) is 2.15. The molecule has 0 aliphatic carbocycles. The molecule has 3 aromatic carbocycles. The van der Waals surface area contributed by atoms with Crippen molar-refractivity contribution in [3.63, 3.8) is 0 Å². The third-order valence-corrected chi connectivity index (χ3v) is 4.26. The minimum atomic E-state index is 0.161. The normalized spacial score (nSPS) is 12.5. The van der Waals surface area contributed by atoms with Crippen molar-refractivity contribution in [2.45, 2.75) is 6.61 Å². The first kappa shape index (κ1) is 14.5. The Kier molecular flexibility index (Phi) is 3.75. The molecule has 0 saturated carbocycles. The molecule has 24 heavy (non-hydrogen) atoms. The molecule has 3 aromatic rings. The van der Waals surface area contributed by atoms with Gasteiger partial charge in [-0.25, -0.2) is 4.79 Å². The molecule has 117 valence electrons. The van der Waals surface area contributed by atoms with Crippen LogP contribution in [0.2, 0.25) is 0 Å². The van der Waals surface area contributed by atoms with E-state index in [4.69, 9.17) is 9.47 Å². The Balaban J connectivity index is 2.11. The minimum Gasteiger partial charge on any atom is -0.488 e. The van der Waals surface area contributed by atoms with Crippen LogP contribution in [0.5, 0.6) is 5.75 Å². The summed E-state index contributed by atoms with van der Waals surface area (Å²) < 4.78 is 10.9. The fourth-order valence-electron chi connectivity index (χ4n) is 3.29. The van der Waals surface area contributed by atoms with Gasteiger partial charge in [0.05, 0.1) is 0 Å². The van der Waals surface area contributed by atoms with E-state index in [9.17, 15) is 4.79 Å². The van der Waals surface area contributed by atoms with Crippen molar-refractivity contribution in [3.8, 4) is 16.9 Å². The molecule has 0 bridgehead atoms. The summed E-state index contributed by atoms with van der Waals surface area (Å²) in [5.41, 5.74) is 4.05. The Morgan fingerprint density at radius 3 is 2.54 bits per heavy atom. The number of carbonyl (C=O) groups excluding carboxylic acids is 1. The highest BCUT2D eigenvalue weighted by Crippen LogP contribution is 2.43. The van der Waals surface area contributed by atoms with Crippen LogP contribution in [-0.2, 0) is 16.1 Å². The number of benzene rings is 3. The van der Waals surface area contributed by atoms with E-state index in [0.717, 1.165) is 38.8 Å². The fourth-order valence-corrected chi connectivity index (χ4v) is 3.29. The van der Waals surface area contributed by atoms with Gasteiger partial charge in [-0.15, -0.1) is 0 Å². The molecule has 1 heterocycles. The maximum absolute atomic E-state index is 10.7. The number of fused-ring (bicyclic) bond motifs is 3. The molecule has 0 atom stereocenters. The fraction of sp³-hybridized carbons (Fsp3) is 0.0952. The summed E-state index contributed by atoms with van der Waals surface area (Å²) in [5.74, 6) is 0.845. The second kappa shape index (κ2) is 6.20. The molecule has 0 amide bonds. The van der Waals surface area contributed by atoms with Gasteiger partial charge in [0, 0.05) is 16.5 Å². The molecular weight excluding hydrogens is 300 g/mol. The molecule has 3 heteroatoms. The summed E-state index contributed by atoms with van der Waals surface area (Å²) in [7, 11) is 0. The quantitative estimate of drug-likeness (QED) is 0.711. The monoisotopic (exact) mass is 315 g/mol. The standard InChI is InChI=1S/C21H15O3/c22-14-23-13-19-18-11-6-12-24-21(18)17-10-5-4-9-16(17)20(19)15-7-2-1-3-8-15/h1-11H,12-13H2. The van der Waals surface area contributed by atoms with Crippen molar-refractivity contribution in [1.82, 2.24) is 0 Å². The van der Waals surface area contributed by atoms with Crippen molar-refractivity contribution in [2.75, 3.05) is 6.61 Å². The Labute approximate surface area is 140 Å². The van der Waals surface area contributed by atoms with Crippen LogP contribution in [0.1, 0.15) is 11.1 Å². The van der Waals surface area contributed by atoms with E-state index in [1.165, 1.54) is 6.47 Å². The first-order chi connectivity index (χ1) is 11.9. The largest absolute Gasteiger partial charge is 0.488 e. The number of hydrogen-bond donors (Lipinski definition) is 0. The van der Waals surface area contributed by atoms with Gasteiger partial charge in [0.2, 0.25) is 0 Å². The van der Waals surface area contributed by atoms with Crippen LogP contribution >= 0.6 is 0 Å². The van der Waals surface area contributed by atoms with E-state index in [1.807, 2.05) is 42.5 Å². The molecule has 1 aliphatic rings. The van der Waals surface area contributed by atoms with Gasteiger partial charge in [-0.3, -0.25) is 0 Å². The van der Waals surface area contributed by atoms with Crippen LogP contribution in [0, 0.1) is 0 Å². The Hall–Kier alpha value is -3.07. The Bertz CT molecular complexity index is 927. The number of ether oxygens (including phenoxy) is 2. The van der Waals surface area contributed by atoms with E-state index in [1.54, 1.807) is 0 Å². The zero-order chi connectivity index (χ0) is 16.4. The lowest BCUT2D eigenvalue weighted by atomic mass is 9.88. The predicted octanol–water partition coefficient (Wildman–Crippen LogP) is 4.50. The smallest absolute Gasteiger partial charge is 0.417 e. The van der Waals surface area contributed by atoms with Gasteiger partial charge >= 0.3 is 6.47 Å². The predicted molar refractivity (Wildman–Crippen MR) is 94.4 cm³/mol. The molecular formula is C21H15O3. The number of hydrogen-bond acceptors (Lipinski definition) is 3. The molecule has 0 fully saturated rings. The molecule has 0 N–H and O–H groups in total. The zero-order valence-electron chi connectivity index (χ0n) is 13.0. The number of rotatable bonds is 4. The van der Waals surface area contributed by atoms with Crippen molar-refractivity contribution in [2.24, 2.45) is 0 Å². The average Bonchev–Trinajstić information content (AvgIpc) is 2.66. The topological polar surface area (TPSA) is 35.5 Å². The first-order valence-electron chi connectivity index (χ1n) is 7.81. The molecule has 1 aliphatic heterocycles. The first-order valence-corrected chi connectivity index (χ1v) is 7.81. The zero-order valence-corrected chi connectivity index (χ0v) is 13.0. The summed E-state index contributed by atoms with van der Waals surface area (Å²) in [6, 6.07) is 18.3. The molecule has 0 saturated heterocycles. The van der Waals surface area contributed by atoms with Gasteiger partial charge in [0.1, 0.15) is 19.0 Å². The molecule has 3 nitrogen and oxygen atoms in total. The van der Waals surface area contributed by atoms with Gasteiger partial charge in [-0.1, -0.05) is 60.7 Å². The third-order valence-electron chi connectivity index (χ3n) is 4.26. The average molecular weight is 315 g/mol. The van der Waals surface area contributed by atoms with Gasteiger partial charge < -0.3 is 9.47 Å².